The lowest BCUT2D eigenvalue weighted by Crippen LogP contribution is -2.34. The molecule has 17 heavy (non-hydrogen) atoms. The lowest BCUT2D eigenvalue weighted by molar-refractivity contribution is -0.142. The van der Waals surface area contributed by atoms with Gasteiger partial charge in [0.15, 0.2) is 0 Å². The van der Waals surface area contributed by atoms with Gasteiger partial charge in [-0.1, -0.05) is 6.92 Å². The molecule has 0 saturated heterocycles. The second-order valence-electron chi connectivity index (χ2n) is 4.07. The fraction of sp³-hybridized carbons (Fsp3) is 0.545. The molecule has 1 atom stereocenters. The number of amides is 1. The maximum absolute atomic E-state index is 11.7. The van der Waals surface area contributed by atoms with Gasteiger partial charge in [0, 0.05) is 13.6 Å². The fourth-order valence-corrected chi connectivity index (χ4v) is 1.34. The molecular formula is C11H16N2O4. The van der Waals surface area contributed by atoms with E-state index >= 15 is 0 Å². The van der Waals surface area contributed by atoms with E-state index in [4.69, 9.17) is 9.52 Å². The van der Waals surface area contributed by atoms with Crippen LogP contribution in [-0.2, 0) is 16.0 Å². The molecule has 1 aromatic heterocycles. The van der Waals surface area contributed by atoms with Crippen LogP contribution in [0.2, 0.25) is 0 Å². The third-order valence-electron chi connectivity index (χ3n) is 2.36. The number of carboxylic acid groups (broad SMARTS) is 1. The zero-order chi connectivity index (χ0) is 13.0. The SMILES string of the molecule is Cc1coc(CC(=O)N(C)CC(C)C(=O)O)n1. The van der Waals surface area contributed by atoms with Gasteiger partial charge in [0.25, 0.3) is 0 Å². The summed E-state index contributed by atoms with van der Waals surface area (Å²) < 4.78 is 5.06. The van der Waals surface area contributed by atoms with Gasteiger partial charge in [-0.3, -0.25) is 9.59 Å². The summed E-state index contributed by atoms with van der Waals surface area (Å²) in [5.41, 5.74) is 0.717. The first-order chi connectivity index (χ1) is 7.90. The molecule has 1 aromatic rings. The summed E-state index contributed by atoms with van der Waals surface area (Å²) in [4.78, 5) is 27.8. The molecule has 0 saturated carbocycles. The molecule has 1 rings (SSSR count). The van der Waals surface area contributed by atoms with Crippen LogP contribution in [0, 0.1) is 12.8 Å². The van der Waals surface area contributed by atoms with E-state index in [1.54, 1.807) is 20.9 Å². The molecular weight excluding hydrogens is 224 g/mol. The van der Waals surface area contributed by atoms with Crippen LogP contribution < -0.4 is 0 Å². The van der Waals surface area contributed by atoms with Gasteiger partial charge in [-0.2, -0.15) is 0 Å². The lowest BCUT2D eigenvalue weighted by atomic mass is 10.1. The highest BCUT2D eigenvalue weighted by molar-refractivity contribution is 5.78. The fourth-order valence-electron chi connectivity index (χ4n) is 1.34. The summed E-state index contributed by atoms with van der Waals surface area (Å²) in [7, 11) is 1.57. The predicted molar refractivity (Wildman–Crippen MR) is 59.4 cm³/mol. The van der Waals surface area contributed by atoms with Gasteiger partial charge in [0.1, 0.15) is 12.7 Å². The third-order valence-corrected chi connectivity index (χ3v) is 2.36. The van der Waals surface area contributed by atoms with Crippen LogP contribution >= 0.6 is 0 Å². The number of hydrogen-bond acceptors (Lipinski definition) is 4. The topological polar surface area (TPSA) is 83.6 Å². The Balaban J connectivity index is 2.50. The van der Waals surface area contributed by atoms with Crippen molar-refractivity contribution in [1.29, 1.82) is 0 Å². The van der Waals surface area contributed by atoms with Gasteiger partial charge in [0.2, 0.25) is 11.8 Å². The van der Waals surface area contributed by atoms with Crippen molar-refractivity contribution in [3.63, 3.8) is 0 Å². The van der Waals surface area contributed by atoms with E-state index in [2.05, 4.69) is 4.98 Å². The predicted octanol–water partition coefficient (Wildman–Crippen LogP) is 0.705. The Hall–Kier alpha value is -1.85. The summed E-state index contributed by atoms with van der Waals surface area (Å²) >= 11 is 0. The molecule has 1 amide bonds. The molecule has 0 fully saturated rings. The summed E-state index contributed by atoms with van der Waals surface area (Å²) in [5.74, 6) is -1.37. The van der Waals surface area contributed by atoms with Crippen LogP contribution in [-0.4, -0.2) is 40.5 Å². The molecule has 6 heteroatoms. The molecule has 1 unspecified atom stereocenters. The summed E-state index contributed by atoms with van der Waals surface area (Å²) in [6.07, 6.45) is 1.53. The van der Waals surface area contributed by atoms with Crippen molar-refractivity contribution in [3.05, 3.63) is 17.8 Å². The standard InChI is InChI=1S/C11H16N2O4/c1-7(11(15)16)5-13(3)10(14)4-9-12-8(2)6-17-9/h6-7H,4-5H2,1-3H3,(H,15,16). The minimum atomic E-state index is -0.920. The smallest absolute Gasteiger partial charge is 0.308 e. The number of aryl methyl sites for hydroxylation is 1. The second kappa shape index (κ2) is 5.47. The molecule has 0 aliphatic rings. The van der Waals surface area contributed by atoms with E-state index in [0.29, 0.717) is 11.6 Å². The minimum Gasteiger partial charge on any atom is -0.481 e. The Morgan fingerprint density at radius 3 is 2.71 bits per heavy atom. The number of hydrogen-bond donors (Lipinski definition) is 1. The Labute approximate surface area is 99.2 Å². The van der Waals surface area contributed by atoms with Crippen LogP contribution in [0.3, 0.4) is 0 Å². The summed E-state index contributed by atoms with van der Waals surface area (Å²) in [5, 5.41) is 8.74. The first kappa shape index (κ1) is 13.2. The van der Waals surface area contributed by atoms with E-state index < -0.39 is 11.9 Å². The highest BCUT2D eigenvalue weighted by Gasteiger charge is 2.18. The number of carboxylic acids is 1. The van der Waals surface area contributed by atoms with E-state index in [9.17, 15) is 9.59 Å². The molecule has 94 valence electrons. The van der Waals surface area contributed by atoms with E-state index in [1.165, 1.54) is 11.2 Å². The third kappa shape index (κ3) is 3.90. The number of carbonyl (C=O) groups excluding carboxylic acids is 1. The molecule has 1 heterocycles. The van der Waals surface area contributed by atoms with Gasteiger partial charge in [-0.25, -0.2) is 4.98 Å². The second-order valence-corrected chi connectivity index (χ2v) is 4.07. The number of aromatic nitrogens is 1. The Bertz CT molecular complexity index is 413. The van der Waals surface area contributed by atoms with Crippen molar-refractivity contribution < 1.29 is 19.1 Å². The van der Waals surface area contributed by atoms with Crippen molar-refractivity contribution in [3.8, 4) is 0 Å². The highest BCUT2D eigenvalue weighted by atomic mass is 16.4. The largest absolute Gasteiger partial charge is 0.481 e. The van der Waals surface area contributed by atoms with Gasteiger partial charge in [-0.15, -0.1) is 0 Å². The summed E-state index contributed by atoms with van der Waals surface area (Å²) in [6.45, 7) is 3.50. The van der Waals surface area contributed by atoms with Gasteiger partial charge >= 0.3 is 5.97 Å². The zero-order valence-corrected chi connectivity index (χ0v) is 10.1. The van der Waals surface area contributed by atoms with Gasteiger partial charge in [0.05, 0.1) is 11.6 Å². The van der Waals surface area contributed by atoms with Gasteiger partial charge < -0.3 is 14.4 Å². The molecule has 0 spiro atoms. The van der Waals surface area contributed by atoms with Crippen molar-refractivity contribution in [2.45, 2.75) is 20.3 Å². The van der Waals surface area contributed by atoms with Crippen molar-refractivity contribution >= 4 is 11.9 Å². The molecule has 0 radical (unpaired) electrons. The number of nitrogens with zero attached hydrogens (tertiary/aromatic N) is 2. The minimum absolute atomic E-state index is 0.0523. The average Bonchev–Trinajstić information content (AvgIpc) is 2.63. The highest BCUT2D eigenvalue weighted by Crippen LogP contribution is 2.05. The van der Waals surface area contributed by atoms with E-state index in [0.717, 1.165) is 0 Å². The number of likely N-dealkylation sites (N-methyl/N-ethyl adjacent to an activating group) is 1. The maximum Gasteiger partial charge on any atom is 0.308 e. The monoisotopic (exact) mass is 240 g/mol. The Morgan fingerprint density at radius 2 is 2.24 bits per heavy atom. The van der Waals surface area contributed by atoms with Crippen molar-refractivity contribution in [2.75, 3.05) is 13.6 Å². The zero-order valence-electron chi connectivity index (χ0n) is 10.1. The number of aliphatic carboxylic acids is 1. The van der Waals surface area contributed by atoms with E-state index in [-0.39, 0.29) is 18.9 Å². The molecule has 0 aliphatic carbocycles. The van der Waals surface area contributed by atoms with Crippen LogP contribution in [0.5, 0.6) is 0 Å². The number of rotatable bonds is 5. The van der Waals surface area contributed by atoms with E-state index in [1.807, 2.05) is 0 Å². The van der Waals surface area contributed by atoms with Crippen molar-refractivity contribution in [2.24, 2.45) is 5.92 Å². The molecule has 1 N–H and O–H groups in total. The first-order valence-corrected chi connectivity index (χ1v) is 5.28. The normalized spacial score (nSPS) is 12.2. The quantitative estimate of drug-likeness (QED) is 0.819. The van der Waals surface area contributed by atoms with Crippen molar-refractivity contribution in [1.82, 2.24) is 9.88 Å². The van der Waals surface area contributed by atoms with Crippen LogP contribution in [0.25, 0.3) is 0 Å². The molecule has 0 aromatic carbocycles. The molecule has 0 bridgehead atoms. The number of carbonyl (C=O) groups is 2. The van der Waals surface area contributed by atoms with Crippen LogP contribution in [0.15, 0.2) is 10.7 Å². The molecule has 6 nitrogen and oxygen atoms in total. The average molecular weight is 240 g/mol. The number of oxazole rings is 1. The lowest BCUT2D eigenvalue weighted by Gasteiger charge is -2.18. The van der Waals surface area contributed by atoms with Crippen LogP contribution in [0.4, 0.5) is 0 Å². The summed E-state index contributed by atoms with van der Waals surface area (Å²) in [6, 6.07) is 0. The Morgan fingerprint density at radius 1 is 1.59 bits per heavy atom. The van der Waals surface area contributed by atoms with Crippen LogP contribution in [0.1, 0.15) is 18.5 Å². The Kier molecular flexibility index (Phi) is 4.25. The molecule has 0 aliphatic heterocycles. The maximum atomic E-state index is 11.7. The first-order valence-electron chi connectivity index (χ1n) is 5.28. The van der Waals surface area contributed by atoms with Gasteiger partial charge in [-0.05, 0) is 6.92 Å².